The molecule has 76 valence electrons. The van der Waals surface area contributed by atoms with Gasteiger partial charge in [0.15, 0.2) is 0 Å². The second-order valence-corrected chi connectivity index (χ2v) is 3.07. The van der Waals surface area contributed by atoms with E-state index >= 15 is 0 Å². The Balaban J connectivity index is 2.73. The number of benzene rings is 1. The van der Waals surface area contributed by atoms with E-state index in [0.29, 0.717) is 12.1 Å². The fraction of sp³-hybridized carbons (Fsp3) is 0.364. The van der Waals surface area contributed by atoms with E-state index in [9.17, 15) is 5.11 Å². The van der Waals surface area contributed by atoms with Crippen molar-refractivity contribution in [3.8, 4) is 5.75 Å². The average Bonchev–Trinajstić information content (AvgIpc) is 2.18. The molecular weight excluding hydrogens is 176 g/mol. The van der Waals surface area contributed by atoms with Crippen LogP contribution in [0.1, 0.15) is 12.5 Å². The zero-order valence-corrected chi connectivity index (χ0v) is 8.58. The highest BCUT2D eigenvalue weighted by atomic mass is 16.3. The van der Waals surface area contributed by atoms with Crippen LogP contribution in [-0.2, 0) is 0 Å². The maximum absolute atomic E-state index is 11.4. The van der Waals surface area contributed by atoms with Gasteiger partial charge in [0, 0.05) is 12.3 Å². The molecule has 0 fully saturated rings. The topological polar surface area (TPSA) is 47.5 Å². The summed E-state index contributed by atoms with van der Waals surface area (Å²) in [5, 5.41) is 14.4. The van der Waals surface area contributed by atoms with Crippen molar-refractivity contribution in [1.82, 2.24) is 5.32 Å². The van der Waals surface area contributed by atoms with Gasteiger partial charge in [-0.2, -0.15) is 0 Å². The fourth-order valence-electron chi connectivity index (χ4n) is 1.19. The van der Waals surface area contributed by atoms with Crippen molar-refractivity contribution in [2.75, 3.05) is 20.1 Å². The molecule has 0 saturated heterocycles. The number of nitrogens with one attached hydrogen (secondary N) is 1. The Morgan fingerprint density at radius 2 is 2.14 bits per heavy atom. The minimum atomic E-state index is 0.0400. The lowest BCUT2D eigenvalue weighted by atomic mass is 10.1. The Bertz CT molecular complexity index is 321. The molecule has 0 unspecified atom stereocenters. The number of hydrogen-bond acceptors (Lipinski definition) is 3. The Morgan fingerprint density at radius 3 is 2.79 bits per heavy atom. The van der Waals surface area contributed by atoms with Gasteiger partial charge < -0.3 is 10.4 Å². The first-order valence-corrected chi connectivity index (χ1v) is 4.67. The molecule has 1 aromatic carbocycles. The van der Waals surface area contributed by atoms with E-state index < -0.39 is 0 Å². The van der Waals surface area contributed by atoms with Gasteiger partial charge >= 0.3 is 0 Å². The molecule has 14 heavy (non-hydrogen) atoms. The summed E-state index contributed by atoms with van der Waals surface area (Å²) in [6.07, 6.45) is 0. The summed E-state index contributed by atoms with van der Waals surface area (Å²) < 4.78 is 0. The normalized spacial score (nSPS) is 11.7. The first kappa shape index (κ1) is 10.7. The van der Waals surface area contributed by atoms with Crippen LogP contribution in [0.2, 0.25) is 0 Å². The quantitative estimate of drug-likeness (QED) is 0.565. The number of aliphatic imine (C=N–C) groups is 1. The van der Waals surface area contributed by atoms with E-state index in [1.165, 1.54) is 0 Å². The van der Waals surface area contributed by atoms with Crippen LogP contribution >= 0.6 is 0 Å². The highest BCUT2D eigenvalue weighted by Crippen LogP contribution is 2.12. The lowest BCUT2D eigenvalue weighted by Crippen LogP contribution is -2.12. The second-order valence-electron chi connectivity index (χ2n) is 3.07. The molecule has 0 aliphatic rings. The number of rotatable bonds is 4. The molecule has 0 radical (unpaired) electrons. The molecule has 3 nitrogen and oxygen atoms in total. The van der Waals surface area contributed by atoms with Crippen molar-refractivity contribution < 1.29 is 5.11 Å². The number of likely N-dealkylation sites (N-methyl/N-ethyl adjacent to an activating group) is 1. The van der Waals surface area contributed by atoms with Crippen LogP contribution < -0.4 is 10.4 Å². The van der Waals surface area contributed by atoms with Crippen LogP contribution in [0.3, 0.4) is 0 Å². The van der Waals surface area contributed by atoms with Crippen LogP contribution in [0.15, 0.2) is 29.3 Å². The molecule has 1 rings (SSSR count). The van der Waals surface area contributed by atoms with Gasteiger partial charge in [-0.15, -0.1) is 0 Å². The van der Waals surface area contributed by atoms with Crippen LogP contribution in [0.5, 0.6) is 5.75 Å². The molecule has 0 aliphatic heterocycles. The third kappa shape index (κ3) is 2.85. The zero-order chi connectivity index (χ0) is 10.4. The standard InChI is InChI=1S/C11H16N2O/c1-9(13-8-7-12-2)10-5-3-4-6-11(10)14/h3-6,12,14H,7-8H2,1-2H3/p-1. The molecule has 1 N–H and O–H groups in total. The molecule has 0 atom stereocenters. The first-order chi connectivity index (χ1) is 6.75. The van der Waals surface area contributed by atoms with E-state index in [0.717, 1.165) is 12.3 Å². The lowest BCUT2D eigenvalue weighted by Gasteiger charge is -2.12. The summed E-state index contributed by atoms with van der Waals surface area (Å²) in [6, 6.07) is 6.97. The van der Waals surface area contributed by atoms with Crippen molar-refractivity contribution >= 4 is 5.71 Å². The predicted molar refractivity (Wildman–Crippen MR) is 56.9 cm³/mol. The van der Waals surface area contributed by atoms with Crippen molar-refractivity contribution in [2.24, 2.45) is 4.99 Å². The van der Waals surface area contributed by atoms with Crippen molar-refractivity contribution in [2.45, 2.75) is 6.92 Å². The smallest absolute Gasteiger partial charge is 0.0517 e. The number of nitrogens with zero attached hydrogens (tertiary/aromatic N) is 1. The van der Waals surface area contributed by atoms with Gasteiger partial charge in [0.05, 0.1) is 6.54 Å². The maximum atomic E-state index is 11.4. The Kier molecular flexibility index (Phi) is 4.13. The average molecular weight is 191 g/mol. The highest BCUT2D eigenvalue weighted by Gasteiger charge is 1.96. The van der Waals surface area contributed by atoms with Gasteiger partial charge in [0.1, 0.15) is 0 Å². The van der Waals surface area contributed by atoms with Crippen molar-refractivity contribution in [1.29, 1.82) is 0 Å². The van der Waals surface area contributed by atoms with E-state index in [1.54, 1.807) is 18.2 Å². The minimum absolute atomic E-state index is 0.0400. The monoisotopic (exact) mass is 191 g/mol. The molecule has 0 amide bonds. The largest absolute Gasteiger partial charge is 0.872 e. The molecule has 0 spiro atoms. The highest BCUT2D eigenvalue weighted by molar-refractivity contribution is 6.00. The van der Waals surface area contributed by atoms with Crippen LogP contribution in [0, 0.1) is 0 Å². The molecule has 0 saturated carbocycles. The predicted octanol–water partition coefficient (Wildman–Crippen LogP) is 0.789. The summed E-state index contributed by atoms with van der Waals surface area (Å²) in [5.74, 6) is 0.0400. The number of para-hydroxylation sites is 1. The fourth-order valence-corrected chi connectivity index (χ4v) is 1.19. The lowest BCUT2D eigenvalue weighted by molar-refractivity contribution is -0.268. The summed E-state index contributed by atoms with van der Waals surface area (Å²) in [6.45, 7) is 3.40. The van der Waals surface area contributed by atoms with Crippen molar-refractivity contribution in [3.63, 3.8) is 0 Å². The summed E-state index contributed by atoms with van der Waals surface area (Å²) >= 11 is 0. The van der Waals surface area contributed by atoms with E-state index in [1.807, 2.05) is 20.0 Å². The minimum Gasteiger partial charge on any atom is -0.872 e. The van der Waals surface area contributed by atoms with Gasteiger partial charge in [-0.3, -0.25) is 4.99 Å². The molecule has 0 aliphatic carbocycles. The summed E-state index contributed by atoms with van der Waals surface area (Å²) in [4.78, 5) is 4.30. The third-order valence-corrected chi connectivity index (χ3v) is 1.99. The van der Waals surface area contributed by atoms with Gasteiger partial charge in [0.25, 0.3) is 0 Å². The van der Waals surface area contributed by atoms with Gasteiger partial charge in [-0.05, 0) is 19.5 Å². The van der Waals surface area contributed by atoms with Crippen LogP contribution in [0.25, 0.3) is 0 Å². The first-order valence-electron chi connectivity index (χ1n) is 4.67. The Morgan fingerprint density at radius 1 is 1.43 bits per heavy atom. The van der Waals surface area contributed by atoms with Crippen molar-refractivity contribution in [3.05, 3.63) is 29.8 Å². The van der Waals surface area contributed by atoms with Crippen LogP contribution in [0.4, 0.5) is 0 Å². The summed E-state index contributed by atoms with van der Waals surface area (Å²) in [5.41, 5.74) is 1.51. The Labute approximate surface area is 84.5 Å². The van der Waals surface area contributed by atoms with E-state index in [-0.39, 0.29) is 5.75 Å². The molecule has 0 bridgehead atoms. The maximum Gasteiger partial charge on any atom is 0.0517 e. The van der Waals surface area contributed by atoms with Gasteiger partial charge in [0.2, 0.25) is 0 Å². The van der Waals surface area contributed by atoms with Gasteiger partial charge in [-0.1, -0.05) is 30.0 Å². The SMILES string of the molecule is CNCCN=C(C)c1ccccc1[O-]. The van der Waals surface area contributed by atoms with Crippen LogP contribution in [-0.4, -0.2) is 25.8 Å². The molecule has 0 heterocycles. The van der Waals surface area contributed by atoms with Gasteiger partial charge in [-0.25, -0.2) is 0 Å². The third-order valence-electron chi connectivity index (χ3n) is 1.99. The van der Waals surface area contributed by atoms with E-state index in [4.69, 9.17) is 0 Å². The van der Waals surface area contributed by atoms with E-state index in [2.05, 4.69) is 10.3 Å². The Hall–Kier alpha value is -1.35. The number of hydrogen-bond donors (Lipinski definition) is 1. The molecular formula is C11H15N2O-. The second kappa shape index (κ2) is 5.40. The summed E-state index contributed by atoms with van der Waals surface area (Å²) in [7, 11) is 1.88. The molecule has 1 aromatic rings. The zero-order valence-electron chi connectivity index (χ0n) is 8.58. The molecule has 0 aromatic heterocycles. The molecule has 3 heteroatoms.